The van der Waals surface area contributed by atoms with Gasteiger partial charge < -0.3 is 5.43 Å². The summed E-state index contributed by atoms with van der Waals surface area (Å²) in [5.74, 6) is 0. The molecule has 0 spiro atoms. The summed E-state index contributed by atoms with van der Waals surface area (Å²) in [4.78, 5) is 0. The molecule has 5 heteroatoms. The standard InChI is InChI=1S/C9H14N2O2S/c1-3-11(14(12)13)10-9-7-5-4-6-8(9)2/h4-7,10H,3H2,1-2H3,(H,12,13). The van der Waals surface area contributed by atoms with E-state index in [2.05, 4.69) is 5.43 Å². The van der Waals surface area contributed by atoms with Crippen molar-refractivity contribution in [1.82, 2.24) is 4.41 Å². The van der Waals surface area contributed by atoms with Crippen LogP contribution in [0, 0.1) is 6.92 Å². The van der Waals surface area contributed by atoms with Crippen LogP contribution in [0.25, 0.3) is 0 Å². The molecule has 0 heterocycles. The minimum Gasteiger partial charge on any atom is -0.305 e. The quantitative estimate of drug-likeness (QED) is 0.593. The monoisotopic (exact) mass is 214 g/mol. The highest BCUT2D eigenvalue weighted by atomic mass is 32.2. The zero-order chi connectivity index (χ0) is 10.6. The first-order valence-electron chi connectivity index (χ1n) is 4.36. The summed E-state index contributed by atoms with van der Waals surface area (Å²) in [5.41, 5.74) is 4.76. The second kappa shape index (κ2) is 5.09. The van der Waals surface area contributed by atoms with Crippen molar-refractivity contribution in [3.05, 3.63) is 29.8 Å². The molecule has 0 aromatic heterocycles. The number of rotatable bonds is 4. The van der Waals surface area contributed by atoms with E-state index in [4.69, 9.17) is 4.55 Å². The minimum absolute atomic E-state index is 0.456. The van der Waals surface area contributed by atoms with Gasteiger partial charge in [-0.3, -0.25) is 4.55 Å². The third kappa shape index (κ3) is 2.80. The van der Waals surface area contributed by atoms with Crippen LogP contribution in [-0.4, -0.2) is 19.7 Å². The molecule has 1 atom stereocenters. The number of nitrogens with zero attached hydrogens (tertiary/aromatic N) is 1. The fourth-order valence-corrected chi connectivity index (χ4v) is 1.46. The van der Waals surface area contributed by atoms with E-state index >= 15 is 0 Å². The number of hydrogen-bond acceptors (Lipinski definition) is 2. The average Bonchev–Trinajstić information content (AvgIpc) is 2.16. The van der Waals surface area contributed by atoms with Crippen LogP contribution in [0.4, 0.5) is 5.69 Å². The lowest BCUT2D eigenvalue weighted by Gasteiger charge is -2.18. The van der Waals surface area contributed by atoms with Gasteiger partial charge in [-0.15, -0.1) is 4.41 Å². The van der Waals surface area contributed by atoms with Gasteiger partial charge in [0.05, 0.1) is 5.69 Å². The molecule has 1 aromatic carbocycles. The molecule has 0 aliphatic rings. The second-order valence-electron chi connectivity index (χ2n) is 2.85. The first-order chi connectivity index (χ1) is 6.65. The number of hydrogen-bond donors (Lipinski definition) is 2. The van der Waals surface area contributed by atoms with Crippen LogP contribution in [0.5, 0.6) is 0 Å². The predicted octanol–water partition coefficient (Wildman–Crippen LogP) is 1.78. The molecule has 0 saturated heterocycles. The van der Waals surface area contributed by atoms with Crippen LogP contribution in [-0.2, 0) is 11.3 Å². The summed E-state index contributed by atoms with van der Waals surface area (Å²) in [6.07, 6.45) is 0. The predicted molar refractivity (Wildman–Crippen MR) is 58.0 cm³/mol. The van der Waals surface area contributed by atoms with Crippen LogP contribution in [0.2, 0.25) is 0 Å². The Hall–Kier alpha value is -0.910. The highest BCUT2D eigenvalue weighted by Gasteiger charge is 2.08. The van der Waals surface area contributed by atoms with Crippen molar-refractivity contribution in [1.29, 1.82) is 0 Å². The van der Waals surface area contributed by atoms with Crippen LogP contribution >= 0.6 is 0 Å². The molecule has 4 nitrogen and oxygen atoms in total. The Morgan fingerprint density at radius 1 is 1.50 bits per heavy atom. The zero-order valence-electron chi connectivity index (χ0n) is 8.23. The number of aryl methyl sites for hydroxylation is 1. The van der Waals surface area contributed by atoms with E-state index in [1.807, 2.05) is 31.2 Å². The Balaban J connectivity index is 2.77. The van der Waals surface area contributed by atoms with Crippen molar-refractivity contribution < 1.29 is 8.76 Å². The summed E-state index contributed by atoms with van der Waals surface area (Å²) in [6, 6.07) is 7.61. The number of hydrazine groups is 1. The highest BCUT2D eigenvalue weighted by Crippen LogP contribution is 2.14. The van der Waals surface area contributed by atoms with Gasteiger partial charge in [-0.05, 0) is 25.5 Å². The lowest BCUT2D eigenvalue weighted by atomic mass is 10.2. The van der Waals surface area contributed by atoms with E-state index in [-0.39, 0.29) is 0 Å². The molecule has 0 saturated carbocycles. The molecule has 14 heavy (non-hydrogen) atoms. The summed E-state index contributed by atoms with van der Waals surface area (Å²) < 4.78 is 21.0. The Kier molecular flexibility index (Phi) is 4.06. The smallest absolute Gasteiger partial charge is 0.253 e. The van der Waals surface area contributed by atoms with Crippen molar-refractivity contribution in [3.8, 4) is 0 Å². The molecule has 1 aromatic rings. The molecular formula is C9H14N2O2S. The third-order valence-electron chi connectivity index (χ3n) is 1.87. The molecule has 1 rings (SSSR count). The van der Waals surface area contributed by atoms with Crippen molar-refractivity contribution in [2.45, 2.75) is 13.8 Å². The fourth-order valence-electron chi connectivity index (χ4n) is 1.06. The molecule has 78 valence electrons. The third-order valence-corrected chi connectivity index (χ3v) is 2.59. The minimum atomic E-state index is -1.99. The molecule has 1 unspecified atom stereocenters. The van der Waals surface area contributed by atoms with E-state index in [1.54, 1.807) is 6.92 Å². The first-order valence-corrected chi connectivity index (χ1v) is 5.42. The van der Waals surface area contributed by atoms with Gasteiger partial charge in [0, 0.05) is 6.54 Å². The van der Waals surface area contributed by atoms with Crippen LogP contribution in [0.1, 0.15) is 12.5 Å². The first kappa shape index (κ1) is 11.2. The fraction of sp³-hybridized carbons (Fsp3) is 0.333. The lowest BCUT2D eigenvalue weighted by Crippen LogP contribution is -2.31. The molecule has 0 aliphatic heterocycles. The Labute approximate surface area is 86.3 Å². The highest BCUT2D eigenvalue weighted by molar-refractivity contribution is 7.76. The summed E-state index contributed by atoms with van der Waals surface area (Å²) in [7, 11) is 0. The molecule has 0 aliphatic carbocycles. The zero-order valence-corrected chi connectivity index (χ0v) is 9.04. The lowest BCUT2D eigenvalue weighted by molar-refractivity contribution is 0.457. The van der Waals surface area contributed by atoms with Gasteiger partial charge in [0.1, 0.15) is 0 Å². The van der Waals surface area contributed by atoms with Gasteiger partial charge >= 0.3 is 0 Å². The SMILES string of the molecule is CCN(Nc1ccccc1C)S(=O)O. The summed E-state index contributed by atoms with van der Waals surface area (Å²) in [6.45, 7) is 4.20. The van der Waals surface area contributed by atoms with E-state index in [1.165, 1.54) is 4.41 Å². The number of nitrogens with one attached hydrogen (secondary N) is 1. The maximum Gasteiger partial charge on any atom is 0.253 e. The Morgan fingerprint density at radius 3 is 2.64 bits per heavy atom. The maximum atomic E-state index is 10.8. The van der Waals surface area contributed by atoms with Gasteiger partial charge in [0.25, 0.3) is 11.3 Å². The van der Waals surface area contributed by atoms with Gasteiger partial charge in [-0.2, -0.15) is 0 Å². The number of para-hydroxylation sites is 1. The van der Waals surface area contributed by atoms with Gasteiger partial charge in [0.15, 0.2) is 0 Å². The Morgan fingerprint density at radius 2 is 2.14 bits per heavy atom. The topological polar surface area (TPSA) is 52.6 Å². The summed E-state index contributed by atoms with van der Waals surface area (Å²) >= 11 is -1.99. The van der Waals surface area contributed by atoms with Crippen molar-refractivity contribution in [3.63, 3.8) is 0 Å². The van der Waals surface area contributed by atoms with E-state index in [0.717, 1.165) is 11.3 Å². The maximum absolute atomic E-state index is 10.8. The number of benzene rings is 1. The van der Waals surface area contributed by atoms with Crippen molar-refractivity contribution in [2.75, 3.05) is 12.0 Å². The molecule has 0 fully saturated rings. The largest absolute Gasteiger partial charge is 0.305 e. The van der Waals surface area contributed by atoms with Crippen LogP contribution in [0.3, 0.4) is 0 Å². The molecule has 0 amide bonds. The van der Waals surface area contributed by atoms with E-state index < -0.39 is 11.3 Å². The normalized spacial score (nSPS) is 12.9. The molecule has 0 radical (unpaired) electrons. The number of anilines is 1. The van der Waals surface area contributed by atoms with Gasteiger partial charge in [0.2, 0.25) is 0 Å². The van der Waals surface area contributed by atoms with Gasteiger partial charge in [-0.1, -0.05) is 18.2 Å². The second-order valence-corrected chi connectivity index (χ2v) is 3.75. The molecular weight excluding hydrogens is 200 g/mol. The van der Waals surface area contributed by atoms with Crippen LogP contribution in [0.15, 0.2) is 24.3 Å². The average molecular weight is 214 g/mol. The van der Waals surface area contributed by atoms with Crippen molar-refractivity contribution >= 4 is 17.0 Å². The molecule has 0 bridgehead atoms. The summed E-state index contributed by atoms with van der Waals surface area (Å²) in [5, 5.41) is 0. The van der Waals surface area contributed by atoms with E-state index in [9.17, 15) is 4.21 Å². The van der Waals surface area contributed by atoms with Gasteiger partial charge in [-0.25, -0.2) is 4.21 Å². The van der Waals surface area contributed by atoms with Crippen molar-refractivity contribution in [2.24, 2.45) is 0 Å². The molecule has 2 N–H and O–H groups in total. The van der Waals surface area contributed by atoms with E-state index in [0.29, 0.717) is 6.54 Å². The Bertz CT molecular complexity index is 330. The van der Waals surface area contributed by atoms with Crippen LogP contribution < -0.4 is 5.43 Å².